The number of benzene rings is 3. The van der Waals surface area contributed by atoms with Gasteiger partial charge in [0.2, 0.25) is 0 Å². The Morgan fingerprint density at radius 3 is 1.61 bits per heavy atom. The number of rotatable bonds is 10. The van der Waals surface area contributed by atoms with Gasteiger partial charge in [0.1, 0.15) is 12.0 Å². The minimum Gasteiger partial charge on any atom is -0.364 e. The molecule has 0 spiro atoms. The summed E-state index contributed by atoms with van der Waals surface area (Å²) in [6.07, 6.45) is 1.05. The van der Waals surface area contributed by atoms with Crippen LogP contribution < -0.4 is 11.5 Å². The van der Waals surface area contributed by atoms with Gasteiger partial charge in [0.15, 0.2) is 6.04 Å². The smallest absolute Gasteiger partial charge is 0.326 e. The van der Waals surface area contributed by atoms with Crippen LogP contribution in [0.2, 0.25) is 0 Å². The van der Waals surface area contributed by atoms with Crippen molar-refractivity contribution in [1.82, 2.24) is 0 Å². The molecule has 0 saturated carbocycles. The normalized spacial score (nSPS) is 14.9. The number of likely N-dealkylation sites (N-methyl/N-ethyl adjacent to an activating group) is 1. The lowest BCUT2D eigenvalue weighted by atomic mass is 9.86. The van der Waals surface area contributed by atoms with Gasteiger partial charge in [-0.25, -0.2) is 9.28 Å². The number of nitrogens with zero attached hydrogens (tertiary/aromatic N) is 1. The second-order valence-corrected chi connectivity index (χ2v) is 8.68. The first kappa shape index (κ1) is 24.4. The van der Waals surface area contributed by atoms with Crippen molar-refractivity contribution in [3.05, 3.63) is 108 Å². The average molecular weight is 445 g/mol. The lowest BCUT2D eigenvalue weighted by Gasteiger charge is -2.44. The van der Waals surface area contributed by atoms with Gasteiger partial charge in [0.05, 0.1) is 7.05 Å². The molecule has 5 heteroatoms. The maximum atomic E-state index is 14.6. The molecule has 0 aliphatic heterocycles. The van der Waals surface area contributed by atoms with Crippen LogP contribution in [-0.2, 0) is 9.59 Å². The lowest BCUT2D eigenvalue weighted by Crippen LogP contribution is -2.63. The number of amides is 2. The molecule has 1 unspecified atom stereocenters. The molecule has 0 heterocycles. The van der Waals surface area contributed by atoms with Gasteiger partial charge in [-0.05, 0) is 31.0 Å². The van der Waals surface area contributed by atoms with Gasteiger partial charge < -0.3 is 11.5 Å². The Hall–Kier alpha value is -3.28. The molecule has 3 rings (SSSR count). The molecule has 172 valence electrons. The molecule has 33 heavy (non-hydrogen) atoms. The summed E-state index contributed by atoms with van der Waals surface area (Å²) in [7, 11) is 1.85. The molecule has 0 fully saturated rings. The minimum atomic E-state index is -0.703. The first-order chi connectivity index (χ1) is 15.9. The van der Waals surface area contributed by atoms with Crippen molar-refractivity contribution in [2.75, 3.05) is 13.6 Å². The van der Waals surface area contributed by atoms with Crippen LogP contribution in [0.25, 0.3) is 0 Å². The van der Waals surface area contributed by atoms with E-state index in [0.717, 1.165) is 16.7 Å². The Labute approximate surface area is 196 Å². The molecule has 0 radical (unpaired) electrons. The second kappa shape index (κ2) is 11.0. The van der Waals surface area contributed by atoms with Crippen molar-refractivity contribution in [3.63, 3.8) is 0 Å². The topological polar surface area (TPSA) is 86.2 Å². The molecule has 2 amide bonds. The van der Waals surface area contributed by atoms with E-state index in [4.69, 9.17) is 11.5 Å². The predicted octanol–water partition coefficient (Wildman–Crippen LogP) is 4.15. The van der Waals surface area contributed by atoms with Crippen molar-refractivity contribution in [2.24, 2.45) is 11.5 Å². The Balaban J connectivity index is 2.20. The number of quaternary nitrogens is 1. The fraction of sp³-hybridized carbons (Fsp3) is 0.286. The molecule has 0 saturated heterocycles. The van der Waals surface area contributed by atoms with Gasteiger partial charge in [-0.15, -0.1) is 0 Å². The van der Waals surface area contributed by atoms with E-state index < -0.39 is 17.9 Å². The Kier molecular flexibility index (Phi) is 8.15. The van der Waals surface area contributed by atoms with Crippen LogP contribution >= 0.6 is 0 Å². The summed E-state index contributed by atoms with van der Waals surface area (Å²) in [5, 5.41) is 0. The summed E-state index contributed by atoms with van der Waals surface area (Å²) in [6, 6.07) is 28.3. The minimum absolute atomic E-state index is 0.0652. The number of carbonyl (C=O) groups excluding carboxylic acids is 2. The fourth-order valence-corrected chi connectivity index (χ4v) is 4.69. The maximum absolute atomic E-state index is 14.6. The second-order valence-electron chi connectivity index (χ2n) is 8.68. The maximum Gasteiger partial charge on any atom is 0.326 e. The molecule has 3 aromatic rings. The van der Waals surface area contributed by atoms with Crippen LogP contribution in [0.1, 0.15) is 48.4 Å². The zero-order valence-corrected chi connectivity index (χ0v) is 19.4. The quantitative estimate of drug-likeness (QED) is 0.461. The number of primary amides is 1. The van der Waals surface area contributed by atoms with Crippen LogP contribution in [-0.4, -0.2) is 35.9 Å². The highest BCUT2D eigenvalue weighted by Crippen LogP contribution is 2.38. The van der Waals surface area contributed by atoms with E-state index in [-0.39, 0.29) is 16.4 Å². The van der Waals surface area contributed by atoms with Crippen LogP contribution in [0.3, 0.4) is 0 Å². The van der Waals surface area contributed by atoms with Crippen LogP contribution in [0, 0.1) is 0 Å². The molecule has 5 nitrogen and oxygen atoms in total. The van der Waals surface area contributed by atoms with Gasteiger partial charge in [-0.2, -0.15) is 0 Å². The van der Waals surface area contributed by atoms with Crippen LogP contribution in [0.5, 0.6) is 0 Å². The number of hydrogen-bond donors (Lipinski definition) is 2. The number of carbonyl (C=O) groups is 2. The van der Waals surface area contributed by atoms with E-state index in [1.54, 1.807) is 0 Å². The van der Waals surface area contributed by atoms with E-state index in [1.807, 2.05) is 105 Å². The summed E-state index contributed by atoms with van der Waals surface area (Å²) in [5.74, 6) is -1.09. The predicted molar refractivity (Wildman–Crippen MR) is 132 cm³/mol. The van der Waals surface area contributed by atoms with Crippen molar-refractivity contribution in [2.45, 2.75) is 37.8 Å². The van der Waals surface area contributed by atoms with Gasteiger partial charge in [-0.1, -0.05) is 91.0 Å². The largest absolute Gasteiger partial charge is 0.364 e. The highest BCUT2D eigenvalue weighted by Gasteiger charge is 2.51. The van der Waals surface area contributed by atoms with Crippen molar-refractivity contribution in [1.29, 1.82) is 0 Å². The lowest BCUT2D eigenvalue weighted by molar-refractivity contribution is -0.881. The van der Waals surface area contributed by atoms with E-state index in [0.29, 0.717) is 19.4 Å². The van der Waals surface area contributed by atoms with Crippen LogP contribution in [0.15, 0.2) is 91.0 Å². The molecule has 0 aliphatic carbocycles. The third-order valence-corrected chi connectivity index (χ3v) is 6.73. The first-order valence-corrected chi connectivity index (χ1v) is 11.5. The summed E-state index contributed by atoms with van der Waals surface area (Å²) in [6.45, 7) is 2.43. The summed E-state index contributed by atoms with van der Waals surface area (Å²) >= 11 is 0. The average Bonchev–Trinajstić information content (AvgIpc) is 2.85. The third kappa shape index (κ3) is 5.21. The summed E-state index contributed by atoms with van der Waals surface area (Å²) in [4.78, 5) is 27.4. The van der Waals surface area contributed by atoms with E-state index in [1.165, 1.54) is 0 Å². The molecule has 0 aliphatic rings. The van der Waals surface area contributed by atoms with Gasteiger partial charge in [0, 0.05) is 12.0 Å². The third-order valence-electron chi connectivity index (χ3n) is 6.73. The zero-order chi connectivity index (χ0) is 23.8. The van der Waals surface area contributed by atoms with E-state index in [9.17, 15) is 9.59 Å². The summed E-state index contributed by atoms with van der Waals surface area (Å²) < 4.78 is -0.131. The Bertz CT molecular complexity index is 1000. The van der Waals surface area contributed by atoms with Gasteiger partial charge >= 0.3 is 5.91 Å². The zero-order valence-electron chi connectivity index (χ0n) is 19.4. The molecular formula is C28H34N3O2+. The molecular weight excluding hydrogens is 410 g/mol. The molecule has 4 N–H and O–H groups in total. The van der Waals surface area contributed by atoms with Gasteiger partial charge in [0.25, 0.3) is 5.91 Å². The number of nitrogens with two attached hydrogens (primary N) is 2. The van der Waals surface area contributed by atoms with E-state index >= 15 is 0 Å². The van der Waals surface area contributed by atoms with Gasteiger partial charge in [-0.3, -0.25) is 4.79 Å². The Morgan fingerprint density at radius 1 is 0.788 bits per heavy atom. The van der Waals surface area contributed by atoms with E-state index in [2.05, 4.69) is 0 Å². The highest BCUT2D eigenvalue weighted by atomic mass is 16.2. The number of hydrogen-bond acceptors (Lipinski definition) is 3. The van der Waals surface area contributed by atoms with Crippen molar-refractivity contribution >= 4 is 11.8 Å². The van der Waals surface area contributed by atoms with Crippen molar-refractivity contribution < 1.29 is 14.1 Å². The monoisotopic (exact) mass is 444 g/mol. The molecule has 3 atom stereocenters. The molecule has 0 bridgehead atoms. The molecule has 3 aromatic carbocycles. The fourth-order valence-electron chi connectivity index (χ4n) is 4.69. The molecule has 0 aromatic heterocycles. The standard InChI is InChI=1S/C28H33N3O2/c1-21(22-13-6-3-7-14-22)31(2,25(27(30)32)19-12-20-29)28(33)26(23-15-8-4-9-16-23)24-17-10-5-11-18-24/h3-11,13-18,21,25-26H,12,19-20,29H2,1-2H3,(H-,30,32)/p+1/t21?,25-,31-/m1/s1. The first-order valence-electron chi connectivity index (χ1n) is 11.5. The highest BCUT2D eigenvalue weighted by molar-refractivity contribution is 5.86. The Morgan fingerprint density at radius 2 is 1.21 bits per heavy atom. The SMILES string of the molecule is CC(c1ccccc1)[N@@+](C)(C(=O)C(c1ccccc1)c1ccccc1)[C@H](CCCN)C(N)=O. The van der Waals surface area contributed by atoms with Crippen LogP contribution in [0.4, 0.5) is 0 Å². The summed E-state index contributed by atoms with van der Waals surface area (Å²) in [5.41, 5.74) is 14.5. The van der Waals surface area contributed by atoms with Crippen molar-refractivity contribution in [3.8, 4) is 0 Å².